The van der Waals surface area contributed by atoms with Gasteiger partial charge in [0.05, 0.1) is 19.7 Å². The average Bonchev–Trinajstić information content (AvgIpc) is 2.80. The number of esters is 1. The zero-order chi connectivity index (χ0) is 17.2. The van der Waals surface area contributed by atoms with Gasteiger partial charge in [0.25, 0.3) is 0 Å². The van der Waals surface area contributed by atoms with E-state index in [0.717, 1.165) is 0 Å². The molecule has 0 fully saturated rings. The predicted molar refractivity (Wildman–Crippen MR) is 83.4 cm³/mol. The zero-order valence-corrected chi connectivity index (χ0v) is 13.8. The SMILES string of the molecule is COc1cc2c(C#N)nn(CC(=O)OC(C)(C)C)c2cc1OC. The summed E-state index contributed by atoms with van der Waals surface area (Å²) in [6, 6.07) is 5.38. The number of hydrogen-bond acceptors (Lipinski definition) is 6. The molecular weight excluding hydrogens is 298 g/mol. The van der Waals surface area contributed by atoms with Crippen molar-refractivity contribution in [2.75, 3.05) is 14.2 Å². The minimum Gasteiger partial charge on any atom is -0.493 e. The van der Waals surface area contributed by atoms with E-state index in [2.05, 4.69) is 5.10 Å². The quantitative estimate of drug-likeness (QED) is 0.804. The molecule has 0 bridgehead atoms. The van der Waals surface area contributed by atoms with Gasteiger partial charge in [-0.15, -0.1) is 0 Å². The lowest BCUT2D eigenvalue weighted by Crippen LogP contribution is -2.26. The molecule has 122 valence electrons. The highest BCUT2D eigenvalue weighted by atomic mass is 16.6. The normalized spacial score (nSPS) is 11.1. The number of hydrogen-bond donors (Lipinski definition) is 0. The first-order chi connectivity index (χ1) is 10.8. The van der Waals surface area contributed by atoms with Crippen LogP contribution in [0.25, 0.3) is 10.9 Å². The van der Waals surface area contributed by atoms with Crippen LogP contribution in [0.15, 0.2) is 12.1 Å². The van der Waals surface area contributed by atoms with E-state index >= 15 is 0 Å². The maximum Gasteiger partial charge on any atom is 0.328 e. The standard InChI is InChI=1S/C16H19N3O4/c1-16(2,3)23-15(20)9-19-12-7-14(22-5)13(21-4)6-10(12)11(8-17)18-19/h6-7H,9H2,1-5H3. The van der Waals surface area contributed by atoms with E-state index in [1.165, 1.54) is 18.9 Å². The number of methoxy groups -OCH3 is 2. The highest BCUT2D eigenvalue weighted by Gasteiger charge is 2.20. The highest BCUT2D eigenvalue weighted by Crippen LogP contribution is 2.33. The molecule has 7 nitrogen and oxygen atoms in total. The molecule has 0 radical (unpaired) electrons. The number of benzene rings is 1. The van der Waals surface area contributed by atoms with Crippen molar-refractivity contribution >= 4 is 16.9 Å². The first-order valence-corrected chi connectivity index (χ1v) is 7.03. The molecule has 23 heavy (non-hydrogen) atoms. The summed E-state index contributed by atoms with van der Waals surface area (Å²) in [7, 11) is 3.03. The Morgan fingerprint density at radius 2 is 1.87 bits per heavy atom. The van der Waals surface area contributed by atoms with Gasteiger partial charge >= 0.3 is 5.97 Å². The number of nitriles is 1. The highest BCUT2D eigenvalue weighted by molar-refractivity contribution is 5.88. The molecule has 0 aliphatic carbocycles. The Hall–Kier alpha value is -2.75. The Morgan fingerprint density at radius 1 is 1.26 bits per heavy atom. The van der Waals surface area contributed by atoms with Crippen molar-refractivity contribution in [3.8, 4) is 17.6 Å². The second kappa shape index (κ2) is 6.16. The van der Waals surface area contributed by atoms with Gasteiger partial charge in [-0.05, 0) is 26.8 Å². The predicted octanol–water partition coefficient (Wildman–Crippen LogP) is 2.27. The lowest BCUT2D eigenvalue weighted by atomic mass is 10.2. The smallest absolute Gasteiger partial charge is 0.328 e. The Bertz CT molecular complexity index is 781. The molecule has 0 aliphatic rings. The third-order valence-corrected chi connectivity index (χ3v) is 3.06. The number of fused-ring (bicyclic) bond motifs is 1. The summed E-state index contributed by atoms with van der Waals surface area (Å²) in [6.07, 6.45) is 0. The Balaban J connectivity index is 2.48. The first kappa shape index (κ1) is 16.6. The molecular formula is C16H19N3O4. The molecule has 0 spiro atoms. The lowest BCUT2D eigenvalue weighted by molar-refractivity contribution is -0.155. The second-order valence-corrected chi connectivity index (χ2v) is 5.93. The topological polar surface area (TPSA) is 86.4 Å². The lowest BCUT2D eigenvalue weighted by Gasteiger charge is -2.19. The molecule has 0 N–H and O–H groups in total. The summed E-state index contributed by atoms with van der Waals surface area (Å²) in [6.45, 7) is 5.28. The summed E-state index contributed by atoms with van der Waals surface area (Å²) in [5, 5.41) is 14.0. The van der Waals surface area contributed by atoms with Gasteiger partial charge in [0.15, 0.2) is 17.2 Å². The van der Waals surface area contributed by atoms with Crippen LogP contribution in [0.2, 0.25) is 0 Å². The molecule has 0 aliphatic heterocycles. The Labute approximate surface area is 134 Å². The first-order valence-electron chi connectivity index (χ1n) is 7.03. The van der Waals surface area contributed by atoms with Crippen molar-refractivity contribution in [2.24, 2.45) is 0 Å². The Kier molecular flexibility index (Phi) is 4.45. The van der Waals surface area contributed by atoms with Crippen LogP contribution in [0.4, 0.5) is 0 Å². The minimum atomic E-state index is -0.584. The zero-order valence-electron chi connectivity index (χ0n) is 13.8. The maximum atomic E-state index is 12.0. The van der Waals surface area contributed by atoms with Gasteiger partial charge < -0.3 is 14.2 Å². The number of carbonyl (C=O) groups excluding carboxylic acids is 1. The van der Waals surface area contributed by atoms with Crippen molar-refractivity contribution in [1.82, 2.24) is 9.78 Å². The van der Waals surface area contributed by atoms with Crippen LogP contribution in [0, 0.1) is 11.3 Å². The molecule has 2 aromatic rings. The van der Waals surface area contributed by atoms with Crippen molar-refractivity contribution in [3.05, 3.63) is 17.8 Å². The van der Waals surface area contributed by atoms with E-state index in [4.69, 9.17) is 14.2 Å². The summed E-state index contributed by atoms with van der Waals surface area (Å²) >= 11 is 0. The second-order valence-electron chi connectivity index (χ2n) is 5.93. The summed E-state index contributed by atoms with van der Waals surface area (Å²) in [4.78, 5) is 12.0. The molecule has 0 atom stereocenters. The molecule has 1 heterocycles. The molecule has 0 amide bonds. The van der Waals surface area contributed by atoms with Gasteiger partial charge in [-0.1, -0.05) is 0 Å². The molecule has 7 heteroatoms. The number of rotatable bonds is 4. The fourth-order valence-corrected chi connectivity index (χ4v) is 2.20. The maximum absolute atomic E-state index is 12.0. The van der Waals surface area contributed by atoms with Gasteiger partial charge in [0.2, 0.25) is 0 Å². The van der Waals surface area contributed by atoms with Gasteiger partial charge in [-0.25, -0.2) is 0 Å². The van der Waals surface area contributed by atoms with Crippen molar-refractivity contribution < 1.29 is 19.0 Å². The van der Waals surface area contributed by atoms with Crippen molar-refractivity contribution in [1.29, 1.82) is 5.26 Å². The summed E-state index contributed by atoms with van der Waals surface area (Å²) < 4.78 is 17.2. The number of ether oxygens (including phenoxy) is 3. The van der Waals surface area contributed by atoms with Crippen LogP contribution in [-0.2, 0) is 16.1 Å². The van der Waals surface area contributed by atoms with Gasteiger partial charge in [0.1, 0.15) is 18.2 Å². The van der Waals surface area contributed by atoms with Gasteiger partial charge in [0, 0.05) is 11.5 Å². The van der Waals surface area contributed by atoms with Crippen molar-refractivity contribution in [3.63, 3.8) is 0 Å². The van der Waals surface area contributed by atoms with E-state index < -0.39 is 11.6 Å². The van der Waals surface area contributed by atoms with Gasteiger partial charge in [-0.2, -0.15) is 10.4 Å². The van der Waals surface area contributed by atoms with Crippen molar-refractivity contribution in [2.45, 2.75) is 32.9 Å². The van der Waals surface area contributed by atoms with Gasteiger partial charge in [-0.3, -0.25) is 9.48 Å². The molecule has 1 aromatic carbocycles. The third kappa shape index (κ3) is 3.54. The molecule has 1 aromatic heterocycles. The number of carbonyl (C=O) groups is 1. The van der Waals surface area contributed by atoms with E-state index in [1.54, 1.807) is 32.9 Å². The van der Waals surface area contributed by atoms with E-state index in [1.807, 2.05) is 6.07 Å². The number of nitrogens with zero attached hydrogens (tertiary/aromatic N) is 3. The third-order valence-electron chi connectivity index (χ3n) is 3.06. The molecule has 0 unspecified atom stereocenters. The Morgan fingerprint density at radius 3 is 2.39 bits per heavy atom. The summed E-state index contributed by atoms with van der Waals surface area (Å²) in [5.41, 5.74) is 0.230. The van der Waals surface area contributed by atoms with Crippen LogP contribution in [0.3, 0.4) is 0 Å². The fraction of sp³-hybridized carbons (Fsp3) is 0.438. The van der Waals surface area contributed by atoms with Crippen LogP contribution < -0.4 is 9.47 Å². The molecule has 0 saturated heterocycles. The van der Waals surface area contributed by atoms with E-state index in [0.29, 0.717) is 22.4 Å². The minimum absolute atomic E-state index is 0.0923. The summed E-state index contributed by atoms with van der Waals surface area (Å²) in [5.74, 6) is 0.560. The van der Waals surface area contributed by atoms with Crippen LogP contribution in [-0.4, -0.2) is 35.6 Å². The van der Waals surface area contributed by atoms with Crippen LogP contribution in [0.1, 0.15) is 26.5 Å². The van der Waals surface area contributed by atoms with Crippen LogP contribution >= 0.6 is 0 Å². The monoisotopic (exact) mass is 317 g/mol. The largest absolute Gasteiger partial charge is 0.493 e. The molecule has 2 rings (SSSR count). The van der Waals surface area contributed by atoms with E-state index in [9.17, 15) is 10.1 Å². The van der Waals surface area contributed by atoms with Crippen LogP contribution in [0.5, 0.6) is 11.5 Å². The fourth-order valence-electron chi connectivity index (χ4n) is 2.20. The average molecular weight is 317 g/mol. The van der Waals surface area contributed by atoms with E-state index in [-0.39, 0.29) is 12.2 Å². The molecule has 0 saturated carbocycles. The number of aromatic nitrogens is 2.